The van der Waals surface area contributed by atoms with Crippen LogP contribution in [-0.4, -0.2) is 22.1 Å². The first-order valence-electron chi connectivity index (χ1n) is 4.66. The fourth-order valence-corrected chi connectivity index (χ4v) is 1.80. The van der Waals surface area contributed by atoms with Crippen LogP contribution in [0, 0.1) is 0 Å². The van der Waals surface area contributed by atoms with Gasteiger partial charge < -0.3 is 5.11 Å². The van der Waals surface area contributed by atoms with Gasteiger partial charge in [0.2, 0.25) is 0 Å². The highest BCUT2D eigenvalue weighted by molar-refractivity contribution is 5.73. The van der Waals surface area contributed by atoms with E-state index in [0.29, 0.717) is 6.42 Å². The zero-order valence-corrected chi connectivity index (χ0v) is 7.68. The molecular weight excluding hydrogens is 180 g/mol. The second-order valence-electron chi connectivity index (χ2n) is 3.47. The van der Waals surface area contributed by atoms with Gasteiger partial charge in [-0.3, -0.25) is 15.1 Å². The summed E-state index contributed by atoms with van der Waals surface area (Å²) in [7, 11) is 0. The molecule has 14 heavy (non-hydrogen) atoms. The first-order chi connectivity index (χ1) is 6.77. The van der Waals surface area contributed by atoms with E-state index in [1.807, 2.05) is 12.1 Å². The molecule has 2 atom stereocenters. The lowest BCUT2D eigenvalue weighted by atomic mass is 10.1. The fraction of sp³-hybridized carbons (Fsp3) is 0.400. The topological polar surface area (TPSA) is 62.2 Å². The molecule has 1 aliphatic rings. The van der Waals surface area contributed by atoms with Crippen LogP contribution in [0.4, 0.5) is 0 Å². The minimum atomic E-state index is -0.762. The largest absolute Gasteiger partial charge is 0.480 e. The SMILES string of the molecule is O=C(O)[C@@H]1CC[C@H](c2ccncc2)N1. The molecule has 0 radical (unpaired) electrons. The summed E-state index contributed by atoms with van der Waals surface area (Å²) in [6, 6.07) is 3.61. The Balaban J connectivity index is 2.06. The van der Waals surface area contributed by atoms with E-state index in [4.69, 9.17) is 5.11 Å². The van der Waals surface area contributed by atoms with E-state index in [0.717, 1.165) is 12.0 Å². The number of carbonyl (C=O) groups is 1. The van der Waals surface area contributed by atoms with Crippen molar-refractivity contribution in [2.75, 3.05) is 0 Å². The average Bonchev–Trinajstić information content (AvgIpc) is 2.68. The van der Waals surface area contributed by atoms with Gasteiger partial charge in [0.1, 0.15) is 6.04 Å². The first kappa shape index (κ1) is 9.15. The maximum Gasteiger partial charge on any atom is 0.320 e. The number of carboxylic acids is 1. The summed E-state index contributed by atoms with van der Waals surface area (Å²) in [6.45, 7) is 0. The standard InChI is InChI=1S/C10H12N2O2/c13-10(14)9-2-1-8(12-9)7-3-5-11-6-4-7/h3-6,8-9,12H,1-2H2,(H,13,14)/t8-,9+/m1/s1. The van der Waals surface area contributed by atoms with Crippen LogP contribution >= 0.6 is 0 Å². The monoisotopic (exact) mass is 192 g/mol. The molecule has 1 aromatic rings. The van der Waals surface area contributed by atoms with Gasteiger partial charge in [-0.25, -0.2) is 0 Å². The van der Waals surface area contributed by atoms with Crippen LogP contribution in [0.25, 0.3) is 0 Å². The summed E-state index contributed by atoms with van der Waals surface area (Å²) >= 11 is 0. The third-order valence-electron chi connectivity index (χ3n) is 2.55. The molecule has 0 unspecified atom stereocenters. The molecule has 1 saturated heterocycles. The molecule has 1 fully saturated rings. The van der Waals surface area contributed by atoms with Crippen LogP contribution in [-0.2, 0) is 4.79 Å². The van der Waals surface area contributed by atoms with Gasteiger partial charge in [0.15, 0.2) is 0 Å². The fourth-order valence-electron chi connectivity index (χ4n) is 1.80. The maximum atomic E-state index is 10.7. The van der Waals surface area contributed by atoms with Crippen molar-refractivity contribution in [2.24, 2.45) is 0 Å². The van der Waals surface area contributed by atoms with Crippen molar-refractivity contribution in [3.63, 3.8) is 0 Å². The molecule has 1 aliphatic heterocycles. The lowest BCUT2D eigenvalue weighted by Crippen LogP contribution is -2.31. The summed E-state index contributed by atoms with van der Waals surface area (Å²) in [5, 5.41) is 11.9. The molecular formula is C10H12N2O2. The van der Waals surface area contributed by atoms with Gasteiger partial charge in [-0.1, -0.05) is 0 Å². The summed E-state index contributed by atoms with van der Waals surface area (Å²) < 4.78 is 0. The van der Waals surface area contributed by atoms with E-state index in [9.17, 15) is 4.79 Å². The smallest absolute Gasteiger partial charge is 0.320 e. The molecule has 2 heterocycles. The van der Waals surface area contributed by atoms with Crippen molar-refractivity contribution in [3.05, 3.63) is 30.1 Å². The molecule has 0 saturated carbocycles. The van der Waals surface area contributed by atoms with Gasteiger partial charge in [-0.15, -0.1) is 0 Å². The van der Waals surface area contributed by atoms with Gasteiger partial charge in [0, 0.05) is 18.4 Å². The number of nitrogens with zero attached hydrogens (tertiary/aromatic N) is 1. The predicted octanol–water partition coefficient (Wildman–Crippen LogP) is 0.959. The predicted molar refractivity (Wildman–Crippen MR) is 50.8 cm³/mol. The van der Waals surface area contributed by atoms with Gasteiger partial charge in [0.05, 0.1) is 0 Å². The third-order valence-corrected chi connectivity index (χ3v) is 2.55. The van der Waals surface area contributed by atoms with E-state index < -0.39 is 12.0 Å². The van der Waals surface area contributed by atoms with Crippen LogP contribution in [0.5, 0.6) is 0 Å². The number of hydrogen-bond acceptors (Lipinski definition) is 3. The molecule has 0 amide bonds. The van der Waals surface area contributed by atoms with Gasteiger partial charge >= 0.3 is 5.97 Å². The van der Waals surface area contributed by atoms with E-state index >= 15 is 0 Å². The maximum absolute atomic E-state index is 10.7. The highest BCUT2D eigenvalue weighted by Gasteiger charge is 2.29. The molecule has 0 bridgehead atoms. The van der Waals surface area contributed by atoms with E-state index in [1.165, 1.54) is 0 Å². The average molecular weight is 192 g/mol. The zero-order valence-electron chi connectivity index (χ0n) is 7.68. The van der Waals surface area contributed by atoms with E-state index in [-0.39, 0.29) is 6.04 Å². The summed E-state index contributed by atoms with van der Waals surface area (Å²) in [4.78, 5) is 14.6. The Morgan fingerprint density at radius 3 is 2.71 bits per heavy atom. The van der Waals surface area contributed by atoms with Crippen molar-refractivity contribution in [2.45, 2.75) is 24.9 Å². The Bertz CT molecular complexity index is 326. The number of aromatic nitrogens is 1. The summed E-state index contributed by atoms with van der Waals surface area (Å²) in [5.41, 5.74) is 1.11. The number of nitrogens with one attached hydrogen (secondary N) is 1. The Kier molecular flexibility index (Phi) is 2.45. The van der Waals surface area contributed by atoms with Gasteiger partial charge in [0.25, 0.3) is 0 Å². The van der Waals surface area contributed by atoms with Crippen molar-refractivity contribution >= 4 is 5.97 Å². The third kappa shape index (κ3) is 1.75. The Morgan fingerprint density at radius 1 is 1.43 bits per heavy atom. The lowest BCUT2D eigenvalue weighted by Gasteiger charge is -2.11. The van der Waals surface area contributed by atoms with Crippen LogP contribution < -0.4 is 5.32 Å². The van der Waals surface area contributed by atoms with Crippen LogP contribution in [0.1, 0.15) is 24.4 Å². The molecule has 0 spiro atoms. The first-order valence-corrected chi connectivity index (χ1v) is 4.66. The number of rotatable bonds is 2. The molecule has 74 valence electrons. The van der Waals surface area contributed by atoms with Crippen molar-refractivity contribution in [3.8, 4) is 0 Å². The molecule has 4 heteroatoms. The quantitative estimate of drug-likeness (QED) is 0.732. The van der Waals surface area contributed by atoms with Crippen molar-refractivity contribution in [1.29, 1.82) is 0 Å². The number of aliphatic carboxylic acids is 1. The molecule has 1 aromatic heterocycles. The Labute approximate surface area is 82.0 Å². The second-order valence-corrected chi connectivity index (χ2v) is 3.47. The van der Waals surface area contributed by atoms with Crippen LogP contribution in [0.15, 0.2) is 24.5 Å². The van der Waals surface area contributed by atoms with Gasteiger partial charge in [-0.05, 0) is 30.5 Å². The van der Waals surface area contributed by atoms with E-state index in [2.05, 4.69) is 10.3 Å². The Morgan fingerprint density at radius 2 is 2.14 bits per heavy atom. The van der Waals surface area contributed by atoms with Gasteiger partial charge in [-0.2, -0.15) is 0 Å². The number of pyridine rings is 1. The van der Waals surface area contributed by atoms with Crippen LogP contribution in [0.3, 0.4) is 0 Å². The highest BCUT2D eigenvalue weighted by atomic mass is 16.4. The van der Waals surface area contributed by atoms with Crippen molar-refractivity contribution in [1.82, 2.24) is 10.3 Å². The van der Waals surface area contributed by atoms with E-state index in [1.54, 1.807) is 12.4 Å². The summed E-state index contributed by atoms with van der Waals surface area (Å²) in [5.74, 6) is -0.762. The van der Waals surface area contributed by atoms with Crippen LogP contribution in [0.2, 0.25) is 0 Å². The van der Waals surface area contributed by atoms with Crippen molar-refractivity contribution < 1.29 is 9.90 Å². The molecule has 0 aliphatic carbocycles. The minimum Gasteiger partial charge on any atom is -0.480 e. The minimum absolute atomic E-state index is 0.166. The number of carboxylic acid groups (broad SMARTS) is 1. The molecule has 0 aromatic carbocycles. The Hall–Kier alpha value is -1.42. The molecule has 2 rings (SSSR count). The second kappa shape index (κ2) is 3.75. The molecule has 4 nitrogen and oxygen atoms in total. The lowest BCUT2D eigenvalue weighted by molar-refractivity contribution is -0.139. The normalized spacial score (nSPS) is 26.3. The zero-order chi connectivity index (χ0) is 9.97. The molecule has 2 N–H and O–H groups in total. The highest BCUT2D eigenvalue weighted by Crippen LogP contribution is 2.25. The number of hydrogen-bond donors (Lipinski definition) is 2. The summed E-state index contributed by atoms with van der Waals surface area (Å²) in [6.07, 6.45) is 5.03.